The highest BCUT2D eigenvalue weighted by molar-refractivity contribution is 7.99. The van der Waals surface area contributed by atoms with Gasteiger partial charge in [0.15, 0.2) is 6.10 Å². The Bertz CT molecular complexity index is 719. The van der Waals surface area contributed by atoms with Gasteiger partial charge in [-0.15, -0.1) is 0 Å². The van der Waals surface area contributed by atoms with E-state index in [-0.39, 0.29) is 0 Å². The van der Waals surface area contributed by atoms with E-state index in [2.05, 4.69) is 0 Å². The molecule has 1 aromatic heterocycles. The second kappa shape index (κ2) is 9.24. The molecule has 0 radical (unpaired) electrons. The number of thiophene rings is 1. The molecule has 3 N–H and O–H groups in total. The first-order chi connectivity index (χ1) is 11.5. The van der Waals surface area contributed by atoms with Crippen LogP contribution in [-0.4, -0.2) is 33.4 Å². The molecule has 0 spiro atoms. The Morgan fingerprint density at radius 2 is 1.68 bits per heavy atom. The number of aliphatic carboxylic acids is 1. The number of aliphatic hydroxyl groups is 1. The van der Waals surface area contributed by atoms with Gasteiger partial charge in [0, 0.05) is 25.6 Å². The van der Waals surface area contributed by atoms with Crippen LogP contribution in [0.4, 0.5) is 0 Å². The molecule has 2 rings (SSSR count). The van der Waals surface area contributed by atoms with Gasteiger partial charge in [-0.25, -0.2) is 9.59 Å². The van der Waals surface area contributed by atoms with Crippen molar-refractivity contribution in [1.29, 1.82) is 0 Å². The fourth-order valence-electron chi connectivity index (χ4n) is 1.52. The van der Waals surface area contributed by atoms with Gasteiger partial charge in [0.1, 0.15) is 0 Å². The maximum Gasteiger partial charge on any atom is 0.337 e. The minimum atomic E-state index is -1.27. The van der Waals surface area contributed by atoms with E-state index in [0.29, 0.717) is 10.6 Å². The van der Waals surface area contributed by atoms with E-state index in [9.17, 15) is 9.59 Å². The summed E-state index contributed by atoms with van der Waals surface area (Å²) in [4.78, 5) is 22.7. The third-order valence-electron chi connectivity index (χ3n) is 2.95. The molecule has 1 atom stereocenters. The summed E-state index contributed by atoms with van der Waals surface area (Å²) in [5.74, 6) is -2.06. The normalized spacial score (nSPS) is 12.0. The fraction of sp³-hybridized carbons (Fsp3) is 0.294. The number of rotatable bonds is 4. The maximum absolute atomic E-state index is 10.9. The Hall–Kier alpha value is -1.54. The highest BCUT2D eigenvalue weighted by Crippen LogP contribution is 2.33. The fourth-order valence-corrected chi connectivity index (χ4v) is 3.54. The average Bonchev–Trinajstić information content (AvgIpc) is 2.97. The van der Waals surface area contributed by atoms with E-state index >= 15 is 0 Å². The Morgan fingerprint density at radius 3 is 2.08 bits per heavy atom. The van der Waals surface area contributed by atoms with Crippen LogP contribution in [0.3, 0.4) is 0 Å². The third kappa shape index (κ3) is 7.07. The molecule has 1 aromatic carbocycles. The number of halogens is 1. The summed E-state index contributed by atoms with van der Waals surface area (Å²) in [6.07, 6.45) is -1.27. The van der Waals surface area contributed by atoms with E-state index in [1.165, 1.54) is 23.1 Å². The molecule has 1 heterocycles. The lowest BCUT2D eigenvalue weighted by Crippen LogP contribution is -2.33. The van der Waals surface area contributed by atoms with Crippen molar-refractivity contribution in [3.05, 3.63) is 45.6 Å². The van der Waals surface area contributed by atoms with Gasteiger partial charge in [-0.2, -0.15) is 11.3 Å². The van der Waals surface area contributed by atoms with Crippen molar-refractivity contribution in [1.82, 2.24) is 0 Å². The first kappa shape index (κ1) is 21.5. The number of benzene rings is 1. The highest BCUT2D eigenvalue weighted by Gasteiger charge is 2.28. The molecule has 0 unspecified atom stereocenters. The lowest BCUT2D eigenvalue weighted by Gasteiger charge is -2.21. The minimum Gasteiger partial charge on any atom is -0.479 e. The topological polar surface area (TPSA) is 94.8 Å². The van der Waals surface area contributed by atoms with Crippen LogP contribution in [-0.2, 0) is 4.79 Å². The summed E-state index contributed by atoms with van der Waals surface area (Å²) in [6.45, 7) is 5.02. The van der Waals surface area contributed by atoms with E-state index in [0.717, 1.165) is 9.79 Å². The molecule has 0 saturated carbocycles. The van der Waals surface area contributed by atoms with Gasteiger partial charge in [0.05, 0.1) is 5.56 Å². The number of hydrogen-bond acceptors (Lipinski definition) is 5. The summed E-state index contributed by atoms with van der Waals surface area (Å²) < 4.78 is 0. The summed E-state index contributed by atoms with van der Waals surface area (Å²) in [5.41, 5.74) is -0.212. The predicted octanol–water partition coefficient (Wildman–Crippen LogP) is 4.73. The quantitative estimate of drug-likeness (QED) is 0.684. The number of carboxylic acids is 2. The second-order valence-corrected chi connectivity index (χ2v) is 8.41. The summed E-state index contributed by atoms with van der Waals surface area (Å²) >= 11 is 8.59. The van der Waals surface area contributed by atoms with Crippen LogP contribution >= 0.6 is 34.7 Å². The Morgan fingerprint density at radius 1 is 1.12 bits per heavy atom. The van der Waals surface area contributed by atoms with Crippen LogP contribution in [0.5, 0.6) is 0 Å². The third-order valence-corrected chi connectivity index (χ3v) is 5.16. The first-order valence-electron chi connectivity index (χ1n) is 7.16. The molecule has 2 aromatic rings. The van der Waals surface area contributed by atoms with Crippen LogP contribution in [0, 0.1) is 5.41 Å². The van der Waals surface area contributed by atoms with E-state index in [1.54, 1.807) is 38.3 Å². The van der Waals surface area contributed by atoms with Gasteiger partial charge in [0.25, 0.3) is 0 Å². The molecule has 5 nitrogen and oxygen atoms in total. The van der Waals surface area contributed by atoms with Gasteiger partial charge in [-0.05, 0) is 29.7 Å². The predicted molar refractivity (Wildman–Crippen MR) is 100.0 cm³/mol. The zero-order chi connectivity index (χ0) is 19.2. The van der Waals surface area contributed by atoms with Crippen molar-refractivity contribution in [3.63, 3.8) is 0 Å². The van der Waals surface area contributed by atoms with Crippen LogP contribution < -0.4 is 0 Å². The number of carbonyl (C=O) groups is 2. The van der Waals surface area contributed by atoms with Crippen LogP contribution in [0.25, 0.3) is 0 Å². The highest BCUT2D eigenvalue weighted by atomic mass is 35.5. The minimum absolute atomic E-state index is 0.352. The SMILES string of the molecule is CC(C)(C)[C@H](O)C(=O)O.O=C(O)c1cscc1Sc1ccc(Cl)cc1. The van der Waals surface area contributed by atoms with Crippen molar-refractivity contribution >= 4 is 46.6 Å². The molecular weight excluding hydrogens is 384 g/mol. The molecular formula is C17H19ClO5S2. The standard InChI is InChI=1S/C11H7ClO2S2.C6H12O3/c12-7-1-3-8(4-2-7)16-10-6-15-5-9(10)11(13)14;1-6(2,3)4(7)5(8)9/h1-6H,(H,13,14);4,7H,1-3H3,(H,8,9)/t;4-/m.1/s1. The molecule has 0 saturated heterocycles. The van der Waals surface area contributed by atoms with Gasteiger partial charge in [-0.1, -0.05) is 44.1 Å². The Balaban J connectivity index is 0.000000299. The largest absolute Gasteiger partial charge is 0.479 e. The lowest BCUT2D eigenvalue weighted by molar-refractivity contribution is -0.152. The molecule has 0 fully saturated rings. The second-order valence-electron chi connectivity index (χ2n) is 6.12. The molecule has 0 aliphatic rings. The zero-order valence-corrected chi connectivity index (χ0v) is 16.3. The van der Waals surface area contributed by atoms with Crippen molar-refractivity contribution in [2.45, 2.75) is 36.7 Å². The Labute approximate surface area is 159 Å². The van der Waals surface area contributed by atoms with Crippen LogP contribution in [0.1, 0.15) is 31.1 Å². The van der Waals surface area contributed by atoms with Crippen molar-refractivity contribution in [2.24, 2.45) is 5.41 Å². The summed E-state index contributed by atoms with van der Waals surface area (Å²) in [7, 11) is 0. The zero-order valence-electron chi connectivity index (χ0n) is 13.9. The molecule has 0 bridgehead atoms. The molecule has 136 valence electrons. The van der Waals surface area contributed by atoms with Crippen molar-refractivity contribution in [3.8, 4) is 0 Å². The molecule has 0 aliphatic heterocycles. The monoisotopic (exact) mass is 402 g/mol. The van der Waals surface area contributed by atoms with Crippen molar-refractivity contribution in [2.75, 3.05) is 0 Å². The van der Waals surface area contributed by atoms with Gasteiger partial charge < -0.3 is 15.3 Å². The van der Waals surface area contributed by atoms with E-state index in [4.69, 9.17) is 26.9 Å². The number of hydrogen-bond donors (Lipinski definition) is 3. The van der Waals surface area contributed by atoms with E-state index in [1.807, 2.05) is 17.5 Å². The van der Waals surface area contributed by atoms with Crippen LogP contribution in [0.15, 0.2) is 44.8 Å². The molecule has 8 heteroatoms. The lowest BCUT2D eigenvalue weighted by atomic mass is 9.89. The smallest absolute Gasteiger partial charge is 0.337 e. The van der Waals surface area contributed by atoms with Crippen LogP contribution in [0.2, 0.25) is 5.02 Å². The van der Waals surface area contributed by atoms with Crippen molar-refractivity contribution < 1.29 is 24.9 Å². The molecule has 0 aliphatic carbocycles. The summed E-state index contributed by atoms with van der Waals surface area (Å²) in [6, 6.07) is 7.32. The number of carboxylic acid groups (broad SMARTS) is 2. The number of aliphatic hydroxyl groups excluding tert-OH is 1. The maximum atomic E-state index is 10.9. The van der Waals surface area contributed by atoms with E-state index < -0.39 is 23.5 Å². The van der Waals surface area contributed by atoms with Gasteiger partial charge in [0.2, 0.25) is 0 Å². The molecule has 25 heavy (non-hydrogen) atoms. The van der Waals surface area contributed by atoms with Gasteiger partial charge >= 0.3 is 11.9 Å². The summed E-state index contributed by atoms with van der Waals surface area (Å²) in [5, 5.41) is 30.2. The average molecular weight is 403 g/mol. The first-order valence-corrected chi connectivity index (χ1v) is 9.30. The Kier molecular flexibility index (Phi) is 7.95. The molecule has 0 amide bonds. The number of aromatic carboxylic acids is 1. The van der Waals surface area contributed by atoms with Gasteiger partial charge in [-0.3, -0.25) is 0 Å².